The maximum absolute atomic E-state index is 2.77. The number of fused-ring (bicyclic) bond motifs is 7. The van der Waals surface area contributed by atoms with Gasteiger partial charge in [0.15, 0.2) is 22.8 Å². The number of para-hydroxylation sites is 3. The fraction of sp³-hybridized carbons (Fsp3) is 0.379. The van der Waals surface area contributed by atoms with Gasteiger partial charge in [0.25, 0.3) is 5.82 Å². The number of rotatable bonds is 13. The van der Waals surface area contributed by atoms with Gasteiger partial charge in [-0.05, 0) is 115 Å². The maximum atomic E-state index is 2.77. The van der Waals surface area contributed by atoms with E-state index in [0.717, 1.165) is 32.1 Å². The van der Waals surface area contributed by atoms with Crippen molar-refractivity contribution in [2.75, 3.05) is 0 Å². The Kier molecular flexibility index (Phi) is 10.7. The number of pyridine rings is 1. The van der Waals surface area contributed by atoms with Crippen molar-refractivity contribution < 1.29 is 9.13 Å². The standard InChI is InChI=1S/C58H67N3/c1-11-14-20-42-27-29-43(30-28-42)45-31-33-50-49(36-45)53-35-40(8)41(9)37-60(53)58(13-3)54(57(50,58)12-2)34-32-44-21-15-16-22-48(44)56-59(10)51-25-17-18-26-52(51)61(56)55-46(38(4)5)23-19-24-47(55)39(6)7/h15-19,21-31,33,35-39,54H,11-14,20,32,34H2,1-10H3/q+2. The Hall–Kier alpha value is -5.28. The summed E-state index contributed by atoms with van der Waals surface area (Å²) in [5.74, 6) is 2.55. The average molecular weight is 806 g/mol. The molecule has 3 nitrogen and oxygen atoms in total. The topological polar surface area (TPSA) is 12.7 Å². The highest BCUT2D eigenvalue weighted by Gasteiger charge is 2.84. The maximum Gasteiger partial charge on any atom is 0.295 e. The zero-order valence-corrected chi connectivity index (χ0v) is 38.6. The van der Waals surface area contributed by atoms with Crippen LogP contribution in [0.1, 0.15) is 131 Å². The molecule has 1 aliphatic carbocycles. The normalized spacial score (nSPS) is 19.0. The van der Waals surface area contributed by atoms with Gasteiger partial charge in [0.05, 0.1) is 23.6 Å². The van der Waals surface area contributed by atoms with E-state index >= 15 is 0 Å². The predicted molar refractivity (Wildman–Crippen MR) is 256 cm³/mol. The number of hydrogen-bond acceptors (Lipinski definition) is 0. The van der Waals surface area contributed by atoms with Crippen LogP contribution in [0.2, 0.25) is 0 Å². The summed E-state index contributed by atoms with van der Waals surface area (Å²) >= 11 is 0. The minimum atomic E-state index is 0.0296. The average Bonchev–Trinajstić information content (AvgIpc) is 3.78. The number of aromatic nitrogens is 3. The molecule has 7 aromatic rings. The van der Waals surface area contributed by atoms with Crippen LogP contribution < -0.4 is 9.13 Å². The molecule has 3 heteroatoms. The molecule has 312 valence electrons. The molecule has 1 aliphatic heterocycles. The van der Waals surface area contributed by atoms with E-state index in [2.05, 4.69) is 205 Å². The molecule has 1 saturated carbocycles. The summed E-state index contributed by atoms with van der Waals surface area (Å²) in [5, 5.41) is 0. The van der Waals surface area contributed by atoms with Crippen molar-refractivity contribution in [1.29, 1.82) is 0 Å². The number of unbranched alkanes of at least 4 members (excludes halogenated alkanes) is 1. The summed E-state index contributed by atoms with van der Waals surface area (Å²) < 4.78 is 7.83. The molecule has 0 radical (unpaired) electrons. The Morgan fingerprint density at radius 3 is 2.05 bits per heavy atom. The number of imidazole rings is 1. The fourth-order valence-corrected chi connectivity index (χ4v) is 12.2. The van der Waals surface area contributed by atoms with Crippen LogP contribution in [0.25, 0.3) is 50.5 Å². The van der Waals surface area contributed by atoms with Crippen LogP contribution in [0, 0.1) is 19.8 Å². The molecular weight excluding hydrogens is 739 g/mol. The van der Waals surface area contributed by atoms with E-state index in [1.54, 1.807) is 5.56 Å². The van der Waals surface area contributed by atoms with Gasteiger partial charge < -0.3 is 0 Å². The van der Waals surface area contributed by atoms with Crippen molar-refractivity contribution >= 4 is 11.0 Å². The quantitative estimate of drug-likeness (QED) is 0.103. The van der Waals surface area contributed by atoms with Gasteiger partial charge in [-0.1, -0.05) is 140 Å². The van der Waals surface area contributed by atoms with Gasteiger partial charge >= 0.3 is 0 Å². The molecule has 1 fully saturated rings. The van der Waals surface area contributed by atoms with Gasteiger partial charge in [-0.25, -0.2) is 4.57 Å². The van der Waals surface area contributed by atoms with Crippen LogP contribution in [0.5, 0.6) is 0 Å². The molecule has 9 rings (SSSR count). The summed E-state index contributed by atoms with van der Waals surface area (Å²) in [6.45, 7) is 21.2. The molecule has 2 aromatic heterocycles. The van der Waals surface area contributed by atoms with E-state index < -0.39 is 0 Å². The molecule has 3 heterocycles. The van der Waals surface area contributed by atoms with Gasteiger partial charge in [0.2, 0.25) is 5.69 Å². The molecule has 0 amide bonds. The summed E-state index contributed by atoms with van der Waals surface area (Å²) in [7, 11) is 2.27. The minimum absolute atomic E-state index is 0.0296. The lowest BCUT2D eigenvalue weighted by molar-refractivity contribution is -0.739. The Morgan fingerprint density at radius 2 is 1.36 bits per heavy atom. The third-order valence-electron chi connectivity index (χ3n) is 15.4. The van der Waals surface area contributed by atoms with Crippen molar-refractivity contribution in [3.8, 4) is 39.5 Å². The zero-order valence-electron chi connectivity index (χ0n) is 38.6. The molecule has 0 saturated heterocycles. The van der Waals surface area contributed by atoms with Crippen molar-refractivity contribution in [1.82, 2.24) is 4.57 Å². The number of hydrogen-bond donors (Lipinski definition) is 0. The Labute approximate surface area is 366 Å². The lowest BCUT2D eigenvalue weighted by atomic mass is 9.78. The molecule has 0 spiro atoms. The zero-order chi connectivity index (χ0) is 42.8. The highest BCUT2D eigenvalue weighted by Crippen LogP contribution is 2.73. The van der Waals surface area contributed by atoms with Gasteiger partial charge in [0, 0.05) is 35.1 Å². The Bertz CT molecular complexity index is 2740. The highest BCUT2D eigenvalue weighted by molar-refractivity contribution is 5.81. The van der Waals surface area contributed by atoms with Crippen molar-refractivity contribution in [2.45, 2.75) is 130 Å². The first kappa shape index (κ1) is 41.1. The van der Waals surface area contributed by atoms with Gasteiger partial charge in [-0.15, -0.1) is 0 Å². The molecule has 3 unspecified atom stereocenters. The van der Waals surface area contributed by atoms with E-state index in [1.165, 1.54) is 96.7 Å². The minimum Gasteiger partial charge on any atom is -0.225 e. The lowest BCUT2D eigenvalue weighted by Crippen LogP contribution is -2.55. The van der Waals surface area contributed by atoms with Crippen LogP contribution in [0.4, 0.5) is 0 Å². The first-order valence-electron chi connectivity index (χ1n) is 23.5. The molecular formula is C58H67N3+2. The Morgan fingerprint density at radius 1 is 0.672 bits per heavy atom. The van der Waals surface area contributed by atoms with E-state index in [0.29, 0.717) is 17.8 Å². The van der Waals surface area contributed by atoms with Gasteiger partial charge in [-0.2, -0.15) is 9.13 Å². The third kappa shape index (κ3) is 6.27. The molecule has 2 aliphatic rings. The van der Waals surface area contributed by atoms with Crippen molar-refractivity contribution in [2.24, 2.45) is 13.0 Å². The van der Waals surface area contributed by atoms with Gasteiger partial charge in [0.1, 0.15) is 5.69 Å². The van der Waals surface area contributed by atoms with E-state index in [9.17, 15) is 0 Å². The second-order valence-corrected chi connectivity index (χ2v) is 19.1. The van der Waals surface area contributed by atoms with Crippen molar-refractivity contribution in [3.05, 3.63) is 160 Å². The number of nitrogens with zero attached hydrogens (tertiary/aromatic N) is 3. The first-order valence-corrected chi connectivity index (χ1v) is 23.5. The second-order valence-electron chi connectivity index (χ2n) is 19.1. The lowest BCUT2D eigenvalue weighted by Gasteiger charge is -2.29. The SMILES string of the molecule is CCCCc1ccc(-c2ccc3c(c2)-c2cc(C)c(C)c[n+]2C2(CC)C(CCc4ccccc4-c4n(-c5c(C(C)C)cccc5C(C)C)c5ccccc5[n+]4C)C32CC)cc1. The van der Waals surface area contributed by atoms with E-state index in [1.807, 2.05) is 0 Å². The fourth-order valence-electron chi connectivity index (χ4n) is 12.2. The molecule has 5 aromatic carbocycles. The van der Waals surface area contributed by atoms with Crippen molar-refractivity contribution in [3.63, 3.8) is 0 Å². The number of aryl methyl sites for hydroxylation is 5. The summed E-state index contributed by atoms with van der Waals surface area (Å²) in [5.41, 5.74) is 20.7. The van der Waals surface area contributed by atoms with Crippen LogP contribution in [-0.2, 0) is 30.8 Å². The second kappa shape index (κ2) is 15.9. The van der Waals surface area contributed by atoms with E-state index in [4.69, 9.17) is 0 Å². The van der Waals surface area contributed by atoms with Crippen LogP contribution in [0.3, 0.4) is 0 Å². The van der Waals surface area contributed by atoms with Crippen LogP contribution in [-0.4, -0.2) is 4.57 Å². The smallest absolute Gasteiger partial charge is 0.225 e. The Balaban J connectivity index is 1.16. The molecule has 0 bridgehead atoms. The van der Waals surface area contributed by atoms with Gasteiger partial charge in [-0.3, -0.25) is 0 Å². The van der Waals surface area contributed by atoms with Crippen LogP contribution in [0.15, 0.2) is 121 Å². The van der Waals surface area contributed by atoms with E-state index in [-0.39, 0.29) is 11.0 Å². The summed E-state index contributed by atoms with van der Waals surface area (Å²) in [6, 6.07) is 44.6. The molecule has 61 heavy (non-hydrogen) atoms. The third-order valence-corrected chi connectivity index (χ3v) is 15.4. The predicted octanol–water partition coefficient (Wildman–Crippen LogP) is 14.0. The summed E-state index contributed by atoms with van der Waals surface area (Å²) in [6.07, 6.45) is 10.5. The molecule has 3 atom stereocenters. The monoisotopic (exact) mass is 806 g/mol. The first-order chi connectivity index (χ1) is 29.5. The number of benzene rings is 5. The van der Waals surface area contributed by atoms with Crippen LogP contribution >= 0.6 is 0 Å². The molecule has 0 N–H and O–H groups in total. The summed E-state index contributed by atoms with van der Waals surface area (Å²) in [4.78, 5) is 0. The highest BCUT2D eigenvalue weighted by atomic mass is 15.2. The largest absolute Gasteiger partial charge is 0.295 e.